The van der Waals surface area contributed by atoms with E-state index in [1.807, 2.05) is 6.07 Å². The molecular formula is C22H35N5O. The number of hydrogen-bond donors (Lipinski definition) is 2. The molecular weight excluding hydrogens is 350 g/mol. The molecule has 1 aliphatic carbocycles. The van der Waals surface area contributed by atoms with Crippen LogP contribution >= 0.6 is 0 Å². The summed E-state index contributed by atoms with van der Waals surface area (Å²) >= 11 is 0. The highest BCUT2D eigenvalue weighted by molar-refractivity contribution is 5.80. The van der Waals surface area contributed by atoms with Crippen LogP contribution in [-0.4, -0.2) is 68.0 Å². The van der Waals surface area contributed by atoms with Gasteiger partial charge in [0.05, 0.1) is 6.04 Å². The zero-order valence-corrected chi connectivity index (χ0v) is 17.4. The van der Waals surface area contributed by atoms with Gasteiger partial charge in [-0.1, -0.05) is 43.2 Å². The highest BCUT2D eigenvalue weighted by Crippen LogP contribution is 2.26. The molecule has 6 nitrogen and oxygen atoms in total. The fourth-order valence-electron chi connectivity index (χ4n) is 4.18. The quantitative estimate of drug-likeness (QED) is 0.582. The fourth-order valence-corrected chi connectivity index (χ4v) is 4.18. The van der Waals surface area contributed by atoms with E-state index in [-0.39, 0.29) is 6.04 Å². The Bertz CT molecular complexity index is 634. The molecule has 0 spiro atoms. The fraction of sp³-hybridized carbons (Fsp3) is 0.636. The monoisotopic (exact) mass is 385 g/mol. The Balaban J connectivity index is 1.35. The van der Waals surface area contributed by atoms with Crippen molar-refractivity contribution in [1.82, 2.24) is 20.4 Å². The number of guanidine groups is 1. The minimum absolute atomic E-state index is 0.206. The molecule has 1 atom stereocenters. The predicted molar refractivity (Wildman–Crippen MR) is 114 cm³/mol. The summed E-state index contributed by atoms with van der Waals surface area (Å²) in [7, 11) is 1.81. The van der Waals surface area contributed by atoms with E-state index in [0.717, 1.165) is 58.1 Å². The van der Waals surface area contributed by atoms with Crippen molar-refractivity contribution in [3.8, 4) is 0 Å². The molecule has 3 rings (SSSR count). The lowest BCUT2D eigenvalue weighted by atomic mass is 10.1. The van der Waals surface area contributed by atoms with Crippen LogP contribution in [0.2, 0.25) is 0 Å². The van der Waals surface area contributed by atoms with Gasteiger partial charge in [0, 0.05) is 52.2 Å². The maximum Gasteiger partial charge on any atom is 0.225 e. The lowest BCUT2D eigenvalue weighted by molar-refractivity contribution is -0.137. The van der Waals surface area contributed by atoms with Crippen molar-refractivity contribution in [1.29, 1.82) is 0 Å². The Hall–Kier alpha value is -2.08. The maximum absolute atomic E-state index is 12.5. The number of aliphatic imine (C=N–C) groups is 1. The Morgan fingerprint density at radius 1 is 1.14 bits per heavy atom. The summed E-state index contributed by atoms with van der Waals surface area (Å²) in [4.78, 5) is 21.4. The number of benzene rings is 1. The molecule has 1 amide bonds. The van der Waals surface area contributed by atoms with Gasteiger partial charge in [-0.3, -0.25) is 14.7 Å². The van der Waals surface area contributed by atoms with Crippen LogP contribution in [0.15, 0.2) is 35.3 Å². The number of piperazine rings is 1. The van der Waals surface area contributed by atoms with Gasteiger partial charge < -0.3 is 15.5 Å². The van der Waals surface area contributed by atoms with E-state index in [1.165, 1.54) is 18.4 Å². The van der Waals surface area contributed by atoms with E-state index in [1.54, 1.807) is 7.05 Å². The molecule has 1 heterocycles. The van der Waals surface area contributed by atoms with E-state index in [9.17, 15) is 4.79 Å². The maximum atomic E-state index is 12.5. The molecule has 1 saturated heterocycles. The van der Waals surface area contributed by atoms with E-state index < -0.39 is 0 Å². The highest BCUT2D eigenvalue weighted by atomic mass is 16.2. The van der Waals surface area contributed by atoms with E-state index in [2.05, 4.69) is 56.6 Å². The van der Waals surface area contributed by atoms with E-state index >= 15 is 0 Å². The topological polar surface area (TPSA) is 60.0 Å². The smallest absolute Gasteiger partial charge is 0.225 e. The second kappa shape index (κ2) is 10.5. The summed E-state index contributed by atoms with van der Waals surface area (Å²) in [5, 5.41) is 6.85. The summed E-state index contributed by atoms with van der Waals surface area (Å²) in [5.74, 6) is 1.52. The summed E-state index contributed by atoms with van der Waals surface area (Å²) in [6.45, 7) is 7.62. The summed E-state index contributed by atoms with van der Waals surface area (Å²) in [5.41, 5.74) is 1.24. The average Bonchev–Trinajstić information content (AvgIpc) is 3.28. The molecule has 0 aromatic heterocycles. The standard InChI is InChI=1S/C22H35N5O/c1-18(19-8-4-3-5-9-19)25-22(23-2)24-12-13-26-14-16-27(17-15-26)21(28)20-10-6-7-11-20/h3-5,8-9,18,20H,6-7,10-17H2,1-2H3,(H2,23,24,25). The van der Waals surface area contributed by atoms with Crippen LogP contribution in [0.1, 0.15) is 44.2 Å². The third-order valence-corrected chi connectivity index (χ3v) is 5.99. The zero-order chi connectivity index (χ0) is 19.8. The minimum atomic E-state index is 0.206. The Morgan fingerprint density at radius 2 is 1.82 bits per heavy atom. The minimum Gasteiger partial charge on any atom is -0.355 e. The van der Waals surface area contributed by atoms with Crippen LogP contribution < -0.4 is 10.6 Å². The van der Waals surface area contributed by atoms with Gasteiger partial charge in [-0.05, 0) is 25.3 Å². The van der Waals surface area contributed by atoms with Crippen LogP contribution in [0.5, 0.6) is 0 Å². The Labute approximate surface area is 169 Å². The predicted octanol–water partition coefficient (Wildman–Crippen LogP) is 2.25. The third-order valence-electron chi connectivity index (χ3n) is 5.99. The third kappa shape index (κ3) is 5.71. The molecule has 1 unspecified atom stereocenters. The Kier molecular flexibility index (Phi) is 7.71. The van der Waals surface area contributed by atoms with Crippen molar-refractivity contribution in [2.75, 3.05) is 46.3 Å². The first-order valence-electron chi connectivity index (χ1n) is 10.7. The molecule has 28 heavy (non-hydrogen) atoms. The first-order valence-corrected chi connectivity index (χ1v) is 10.7. The van der Waals surface area contributed by atoms with Gasteiger partial charge in [-0.15, -0.1) is 0 Å². The summed E-state index contributed by atoms with van der Waals surface area (Å²) < 4.78 is 0. The molecule has 0 bridgehead atoms. The second-order valence-corrected chi connectivity index (χ2v) is 7.92. The van der Waals surface area contributed by atoms with Gasteiger partial charge >= 0.3 is 0 Å². The van der Waals surface area contributed by atoms with E-state index in [0.29, 0.717) is 11.8 Å². The first-order chi connectivity index (χ1) is 13.7. The number of hydrogen-bond acceptors (Lipinski definition) is 3. The van der Waals surface area contributed by atoms with E-state index in [4.69, 9.17) is 0 Å². The van der Waals surface area contributed by atoms with Crippen LogP contribution in [0.25, 0.3) is 0 Å². The van der Waals surface area contributed by atoms with Gasteiger partial charge in [0.2, 0.25) is 5.91 Å². The van der Waals surface area contributed by atoms with Gasteiger partial charge in [0.1, 0.15) is 0 Å². The van der Waals surface area contributed by atoms with Crippen molar-refractivity contribution in [2.24, 2.45) is 10.9 Å². The number of carbonyl (C=O) groups is 1. The van der Waals surface area contributed by atoms with Gasteiger partial charge in [0.25, 0.3) is 0 Å². The second-order valence-electron chi connectivity index (χ2n) is 7.92. The molecule has 1 aromatic carbocycles. The Morgan fingerprint density at radius 3 is 2.46 bits per heavy atom. The molecule has 1 saturated carbocycles. The summed E-state index contributed by atoms with van der Waals surface area (Å²) in [6, 6.07) is 10.6. The molecule has 1 aromatic rings. The van der Waals surface area contributed by atoms with Crippen molar-refractivity contribution in [2.45, 2.75) is 38.6 Å². The molecule has 2 N–H and O–H groups in total. The number of amides is 1. The largest absolute Gasteiger partial charge is 0.355 e. The normalized spacial score (nSPS) is 20.2. The molecule has 2 fully saturated rings. The molecule has 6 heteroatoms. The SMILES string of the molecule is CN=C(NCCN1CCN(C(=O)C2CCCC2)CC1)NC(C)c1ccccc1. The average molecular weight is 386 g/mol. The molecule has 2 aliphatic rings. The van der Waals surface area contributed by atoms with Crippen LogP contribution in [-0.2, 0) is 4.79 Å². The lowest BCUT2D eigenvalue weighted by Gasteiger charge is -2.36. The van der Waals surface area contributed by atoms with Gasteiger partial charge in [0.15, 0.2) is 5.96 Å². The molecule has 1 aliphatic heterocycles. The number of carbonyl (C=O) groups excluding carboxylic acids is 1. The van der Waals surface area contributed by atoms with Crippen molar-refractivity contribution < 1.29 is 4.79 Å². The summed E-state index contributed by atoms with van der Waals surface area (Å²) in [6.07, 6.45) is 4.63. The van der Waals surface area contributed by atoms with Crippen LogP contribution in [0, 0.1) is 5.92 Å². The number of nitrogens with zero attached hydrogens (tertiary/aromatic N) is 3. The van der Waals surface area contributed by atoms with Crippen LogP contribution in [0.4, 0.5) is 0 Å². The number of nitrogens with one attached hydrogen (secondary N) is 2. The van der Waals surface area contributed by atoms with Crippen LogP contribution in [0.3, 0.4) is 0 Å². The zero-order valence-electron chi connectivity index (χ0n) is 17.4. The molecule has 154 valence electrons. The van der Waals surface area contributed by atoms with Gasteiger partial charge in [-0.25, -0.2) is 0 Å². The first kappa shape index (κ1) is 20.6. The van der Waals surface area contributed by atoms with Crippen molar-refractivity contribution >= 4 is 11.9 Å². The highest BCUT2D eigenvalue weighted by Gasteiger charge is 2.29. The molecule has 0 radical (unpaired) electrons. The van der Waals surface area contributed by atoms with Gasteiger partial charge in [-0.2, -0.15) is 0 Å². The van der Waals surface area contributed by atoms with Crippen molar-refractivity contribution in [3.05, 3.63) is 35.9 Å². The van der Waals surface area contributed by atoms with Crippen molar-refractivity contribution in [3.63, 3.8) is 0 Å². The number of rotatable bonds is 6. The lowest BCUT2D eigenvalue weighted by Crippen LogP contribution is -2.52.